The summed E-state index contributed by atoms with van der Waals surface area (Å²) in [4.78, 5) is 19.6. The van der Waals surface area contributed by atoms with E-state index in [1.807, 2.05) is 0 Å². The maximum Gasteiger partial charge on any atom is 0.387 e. The van der Waals surface area contributed by atoms with Crippen LogP contribution in [0, 0.1) is 11.8 Å². The fourth-order valence-electron chi connectivity index (χ4n) is 4.31. The van der Waals surface area contributed by atoms with Crippen molar-refractivity contribution < 1.29 is 27.8 Å². The standard InChI is InChI=1S/C26H28Cl2F2N2O4S/c27-19-11-31-12-20(28)18(19)10-22(35-25(33)24-32(7-8-37-24)13-15-1-2-15)17-5-6-21(36-26(29)30)23(9-17)34-14-16-3-4-16/h5-6,9,11-12,15-16,22,24,26H,1-4,7-8,10,13-14H2/t22?,24-/m0/s1. The first-order chi connectivity index (χ1) is 17.9. The van der Waals surface area contributed by atoms with Gasteiger partial charge in [-0.2, -0.15) is 8.78 Å². The van der Waals surface area contributed by atoms with Crippen molar-refractivity contribution in [3.05, 3.63) is 51.8 Å². The number of thioether (sulfide) groups is 1. The second-order valence-electron chi connectivity index (χ2n) is 9.71. The summed E-state index contributed by atoms with van der Waals surface area (Å²) in [5.74, 6) is 1.69. The van der Waals surface area contributed by atoms with Gasteiger partial charge < -0.3 is 14.2 Å². The molecule has 2 saturated carbocycles. The number of alkyl halides is 2. The van der Waals surface area contributed by atoms with Gasteiger partial charge in [-0.05, 0) is 60.8 Å². The Morgan fingerprint density at radius 1 is 1.11 bits per heavy atom. The minimum absolute atomic E-state index is 0.0635. The van der Waals surface area contributed by atoms with Gasteiger partial charge in [-0.3, -0.25) is 9.88 Å². The van der Waals surface area contributed by atoms with Crippen LogP contribution in [0.15, 0.2) is 30.6 Å². The molecule has 1 saturated heterocycles. The van der Waals surface area contributed by atoms with Crippen LogP contribution in [0.4, 0.5) is 8.78 Å². The molecule has 0 amide bonds. The van der Waals surface area contributed by atoms with Gasteiger partial charge in [-0.1, -0.05) is 29.3 Å². The zero-order chi connectivity index (χ0) is 25.9. The van der Waals surface area contributed by atoms with Gasteiger partial charge in [-0.25, -0.2) is 4.79 Å². The highest BCUT2D eigenvalue weighted by atomic mass is 35.5. The van der Waals surface area contributed by atoms with Crippen LogP contribution in [0.1, 0.15) is 42.9 Å². The number of hydrogen-bond donors (Lipinski definition) is 0. The molecule has 200 valence electrons. The van der Waals surface area contributed by atoms with Gasteiger partial charge in [0.1, 0.15) is 6.10 Å². The van der Waals surface area contributed by atoms with Crippen LogP contribution >= 0.6 is 35.0 Å². The molecule has 6 nitrogen and oxygen atoms in total. The molecule has 5 rings (SSSR count). The van der Waals surface area contributed by atoms with Crippen molar-refractivity contribution in [1.82, 2.24) is 9.88 Å². The summed E-state index contributed by atoms with van der Waals surface area (Å²) in [6.07, 6.45) is 6.84. The van der Waals surface area contributed by atoms with Crippen LogP contribution in [0.5, 0.6) is 11.5 Å². The Bertz CT molecular complexity index is 1100. The minimum Gasteiger partial charge on any atom is -0.489 e. The fraction of sp³-hybridized carbons (Fsp3) is 0.538. The largest absolute Gasteiger partial charge is 0.489 e. The number of rotatable bonds is 12. The van der Waals surface area contributed by atoms with Crippen molar-refractivity contribution in [2.75, 3.05) is 25.4 Å². The van der Waals surface area contributed by atoms with E-state index >= 15 is 0 Å². The second-order valence-corrected chi connectivity index (χ2v) is 11.7. The van der Waals surface area contributed by atoms with Gasteiger partial charge in [0, 0.05) is 37.7 Å². The van der Waals surface area contributed by atoms with E-state index in [9.17, 15) is 13.6 Å². The fourth-order valence-corrected chi connectivity index (χ4v) is 5.98. The van der Waals surface area contributed by atoms with Gasteiger partial charge in [0.2, 0.25) is 0 Å². The number of pyridine rings is 1. The SMILES string of the molecule is O=C(OC(Cc1c(Cl)cncc1Cl)c1ccc(OC(F)F)c(OCC2CC2)c1)[C@@H]1SCCN1CC1CC1. The third kappa shape index (κ3) is 7.19. The molecule has 1 aromatic carbocycles. The van der Waals surface area contributed by atoms with Crippen LogP contribution in [0.25, 0.3) is 0 Å². The van der Waals surface area contributed by atoms with Gasteiger partial charge in [0.05, 0.1) is 16.7 Å². The highest BCUT2D eigenvalue weighted by Gasteiger charge is 2.38. The molecule has 2 aliphatic carbocycles. The van der Waals surface area contributed by atoms with Gasteiger partial charge in [0.15, 0.2) is 16.9 Å². The minimum atomic E-state index is -2.99. The summed E-state index contributed by atoms with van der Waals surface area (Å²) in [7, 11) is 0. The molecule has 3 aliphatic rings. The smallest absolute Gasteiger partial charge is 0.387 e. The van der Waals surface area contributed by atoms with E-state index in [2.05, 4.69) is 14.6 Å². The zero-order valence-corrected chi connectivity index (χ0v) is 22.4. The first kappa shape index (κ1) is 26.8. The van der Waals surface area contributed by atoms with Crippen molar-refractivity contribution in [3.8, 4) is 11.5 Å². The predicted octanol–water partition coefficient (Wildman–Crippen LogP) is 6.39. The summed E-state index contributed by atoms with van der Waals surface area (Å²) in [6.45, 7) is -0.858. The van der Waals surface area contributed by atoms with Crippen LogP contribution in [0.2, 0.25) is 10.0 Å². The molecule has 11 heteroatoms. The Morgan fingerprint density at radius 3 is 2.51 bits per heavy atom. The summed E-state index contributed by atoms with van der Waals surface area (Å²) in [5.41, 5.74) is 1.15. The van der Waals surface area contributed by atoms with Gasteiger partial charge in [0.25, 0.3) is 0 Å². The number of ether oxygens (including phenoxy) is 3. The Morgan fingerprint density at radius 2 is 1.84 bits per heavy atom. The van der Waals surface area contributed by atoms with E-state index < -0.39 is 18.1 Å². The molecule has 0 spiro atoms. The van der Waals surface area contributed by atoms with Crippen LogP contribution in [-0.2, 0) is 16.0 Å². The Kier molecular flexibility index (Phi) is 8.63. The average molecular weight is 573 g/mol. The number of esters is 1. The topological polar surface area (TPSA) is 60.9 Å². The summed E-state index contributed by atoms with van der Waals surface area (Å²) in [5, 5.41) is 0.308. The molecular formula is C26H28Cl2F2N2O4S. The average Bonchev–Trinajstić information content (AvgIpc) is 3.79. The van der Waals surface area contributed by atoms with Crippen LogP contribution in [0.3, 0.4) is 0 Å². The number of carbonyl (C=O) groups is 1. The molecule has 0 bridgehead atoms. The van der Waals surface area contributed by atoms with Crippen LogP contribution in [-0.4, -0.2) is 53.3 Å². The van der Waals surface area contributed by atoms with Crippen molar-refractivity contribution >= 4 is 40.9 Å². The van der Waals surface area contributed by atoms with E-state index in [-0.39, 0.29) is 23.9 Å². The lowest BCUT2D eigenvalue weighted by Crippen LogP contribution is -2.37. The zero-order valence-electron chi connectivity index (χ0n) is 20.1. The number of nitrogens with zero attached hydrogens (tertiary/aromatic N) is 2. The molecule has 1 unspecified atom stereocenters. The molecular weight excluding hydrogens is 545 g/mol. The summed E-state index contributed by atoms with van der Waals surface area (Å²) in [6, 6.07) is 4.63. The quantitative estimate of drug-likeness (QED) is 0.273. The summed E-state index contributed by atoms with van der Waals surface area (Å²) < 4.78 is 42.7. The number of halogens is 4. The van der Waals surface area contributed by atoms with Crippen molar-refractivity contribution in [2.45, 2.75) is 50.2 Å². The molecule has 2 atom stereocenters. The summed E-state index contributed by atoms with van der Waals surface area (Å²) >= 11 is 14.3. The first-order valence-corrected chi connectivity index (χ1v) is 14.2. The lowest BCUT2D eigenvalue weighted by atomic mass is 10.0. The number of aromatic nitrogens is 1. The first-order valence-electron chi connectivity index (χ1n) is 12.4. The number of carbonyl (C=O) groups excluding carboxylic acids is 1. The van der Waals surface area contributed by atoms with Gasteiger partial charge >= 0.3 is 12.6 Å². The van der Waals surface area contributed by atoms with E-state index in [1.54, 1.807) is 23.9 Å². The molecule has 1 aromatic heterocycles. The van der Waals surface area contributed by atoms with E-state index in [4.69, 9.17) is 32.7 Å². The van der Waals surface area contributed by atoms with E-state index in [0.717, 1.165) is 31.7 Å². The van der Waals surface area contributed by atoms with E-state index in [1.165, 1.54) is 31.3 Å². The Labute approximate surface area is 228 Å². The molecule has 0 radical (unpaired) electrons. The molecule has 2 aromatic rings. The third-order valence-electron chi connectivity index (χ3n) is 6.70. The van der Waals surface area contributed by atoms with Crippen molar-refractivity contribution in [3.63, 3.8) is 0 Å². The van der Waals surface area contributed by atoms with E-state index in [0.29, 0.717) is 39.6 Å². The number of benzene rings is 1. The highest BCUT2D eigenvalue weighted by Crippen LogP contribution is 2.39. The third-order valence-corrected chi connectivity index (χ3v) is 8.58. The molecule has 1 aliphatic heterocycles. The molecule has 0 N–H and O–H groups in total. The number of hydrogen-bond acceptors (Lipinski definition) is 7. The maximum absolute atomic E-state index is 13.4. The molecule has 2 heterocycles. The van der Waals surface area contributed by atoms with Crippen molar-refractivity contribution in [1.29, 1.82) is 0 Å². The second kappa shape index (κ2) is 11.9. The van der Waals surface area contributed by atoms with Gasteiger partial charge in [-0.15, -0.1) is 11.8 Å². The Balaban J connectivity index is 1.42. The van der Waals surface area contributed by atoms with Crippen LogP contribution < -0.4 is 9.47 Å². The maximum atomic E-state index is 13.4. The predicted molar refractivity (Wildman–Crippen MR) is 139 cm³/mol. The normalized spacial score (nSPS) is 20.7. The lowest BCUT2D eigenvalue weighted by molar-refractivity contribution is -0.152. The Hall–Kier alpha value is -1.81. The van der Waals surface area contributed by atoms with Crippen molar-refractivity contribution in [2.24, 2.45) is 11.8 Å². The lowest BCUT2D eigenvalue weighted by Gasteiger charge is -2.26. The monoisotopic (exact) mass is 572 g/mol. The molecule has 3 fully saturated rings. The molecule has 37 heavy (non-hydrogen) atoms. The highest BCUT2D eigenvalue weighted by molar-refractivity contribution is 8.00.